The summed E-state index contributed by atoms with van der Waals surface area (Å²) in [5.41, 5.74) is 25.1. The second-order valence-corrected chi connectivity index (χ2v) is 10.3. The number of fused-ring (bicyclic) bond motifs is 2. The molecule has 0 bridgehead atoms. The Hall–Kier alpha value is -3.84. The minimum absolute atomic E-state index is 0.251. The summed E-state index contributed by atoms with van der Waals surface area (Å²) in [5.74, 6) is -1.04. The van der Waals surface area contributed by atoms with Crippen molar-refractivity contribution in [2.75, 3.05) is 49.9 Å². The van der Waals surface area contributed by atoms with Crippen molar-refractivity contribution in [1.82, 2.24) is 10.6 Å². The molecule has 2 aromatic rings. The van der Waals surface area contributed by atoms with Gasteiger partial charge in [0.25, 0.3) is 0 Å². The number of unbranched alkanes of at least 4 members (excludes halogenated alkanes) is 2. The number of anilines is 2. The Bertz CT molecular complexity index is 1160. The zero-order valence-electron chi connectivity index (χ0n) is 24.0. The Morgan fingerprint density at radius 1 is 0.619 bits per heavy atom. The predicted molar refractivity (Wildman–Crippen MR) is 165 cm³/mol. The van der Waals surface area contributed by atoms with E-state index >= 15 is 0 Å². The third-order valence-corrected chi connectivity index (χ3v) is 7.17. The summed E-state index contributed by atoms with van der Waals surface area (Å²) in [6.07, 6.45) is 4.30. The summed E-state index contributed by atoms with van der Waals surface area (Å²) in [7, 11) is 0. The van der Waals surface area contributed by atoms with Crippen LogP contribution in [0.2, 0.25) is 0 Å². The lowest BCUT2D eigenvalue weighted by Crippen LogP contribution is -2.42. The molecule has 12 N–H and O–H groups in total. The van der Waals surface area contributed by atoms with Crippen LogP contribution in [0.15, 0.2) is 36.4 Å². The lowest BCUT2D eigenvalue weighted by atomic mass is 9.82. The SMILES string of the molecule is NCCCC[C@@H](N)C(=O)NCCNc1ccc(NCCNC(=O)[C@H](N)CCCCN)c2c1C(=O)c1ccccc1C2=O. The summed E-state index contributed by atoms with van der Waals surface area (Å²) >= 11 is 0. The van der Waals surface area contributed by atoms with Gasteiger partial charge in [-0.3, -0.25) is 19.2 Å². The van der Waals surface area contributed by atoms with Gasteiger partial charge in [-0.15, -0.1) is 0 Å². The van der Waals surface area contributed by atoms with Crippen LogP contribution in [0.1, 0.15) is 70.4 Å². The molecule has 0 fully saturated rings. The molecule has 0 spiro atoms. The van der Waals surface area contributed by atoms with Gasteiger partial charge in [0, 0.05) is 48.7 Å². The first-order chi connectivity index (χ1) is 20.3. The van der Waals surface area contributed by atoms with E-state index in [2.05, 4.69) is 21.3 Å². The second kappa shape index (κ2) is 16.6. The molecule has 228 valence electrons. The third-order valence-electron chi connectivity index (χ3n) is 7.17. The molecule has 2 aromatic carbocycles. The lowest BCUT2D eigenvalue weighted by molar-refractivity contribution is -0.123. The minimum Gasteiger partial charge on any atom is -0.383 e. The summed E-state index contributed by atoms with van der Waals surface area (Å²) in [4.78, 5) is 51.7. The molecule has 2 amide bonds. The zero-order chi connectivity index (χ0) is 30.5. The summed E-state index contributed by atoms with van der Waals surface area (Å²) in [5, 5.41) is 12.0. The Morgan fingerprint density at radius 2 is 1.02 bits per heavy atom. The van der Waals surface area contributed by atoms with Crippen molar-refractivity contribution in [2.24, 2.45) is 22.9 Å². The van der Waals surface area contributed by atoms with Crippen molar-refractivity contribution < 1.29 is 19.2 Å². The van der Waals surface area contributed by atoms with Crippen LogP contribution in [0.5, 0.6) is 0 Å². The number of hydrogen-bond donors (Lipinski definition) is 8. The van der Waals surface area contributed by atoms with Crippen molar-refractivity contribution in [3.63, 3.8) is 0 Å². The molecule has 0 radical (unpaired) electrons. The van der Waals surface area contributed by atoms with Crippen molar-refractivity contribution in [2.45, 2.75) is 50.6 Å². The molecule has 0 aromatic heterocycles. The van der Waals surface area contributed by atoms with E-state index in [0.29, 0.717) is 61.5 Å². The molecule has 2 atom stereocenters. The Balaban J connectivity index is 1.67. The highest BCUT2D eigenvalue weighted by atomic mass is 16.2. The van der Waals surface area contributed by atoms with Gasteiger partial charge in [0.1, 0.15) is 0 Å². The van der Waals surface area contributed by atoms with Crippen LogP contribution >= 0.6 is 0 Å². The second-order valence-electron chi connectivity index (χ2n) is 10.3. The molecule has 0 saturated carbocycles. The third kappa shape index (κ3) is 8.58. The number of nitrogens with two attached hydrogens (primary N) is 4. The number of ketones is 2. The molecule has 0 heterocycles. The van der Waals surface area contributed by atoms with Crippen molar-refractivity contribution in [3.05, 3.63) is 58.7 Å². The van der Waals surface area contributed by atoms with Crippen LogP contribution in [-0.4, -0.2) is 74.7 Å². The van der Waals surface area contributed by atoms with Gasteiger partial charge in [0.2, 0.25) is 11.8 Å². The largest absolute Gasteiger partial charge is 0.383 e. The van der Waals surface area contributed by atoms with E-state index in [1.807, 2.05) is 0 Å². The Morgan fingerprint density at radius 3 is 1.40 bits per heavy atom. The highest BCUT2D eigenvalue weighted by molar-refractivity contribution is 6.31. The van der Waals surface area contributed by atoms with Gasteiger partial charge >= 0.3 is 0 Å². The number of nitrogens with one attached hydrogen (secondary N) is 4. The molecule has 3 rings (SSSR count). The Labute approximate surface area is 246 Å². The maximum absolute atomic E-state index is 13.6. The fraction of sp³-hybridized carbons (Fsp3) is 0.467. The molecule has 1 aliphatic rings. The van der Waals surface area contributed by atoms with E-state index in [1.165, 1.54) is 0 Å². The number of amides is 2. The number of carbonyl (C=O) groups excluding carboxylic acids is 4. The topological polar surface area (TPSA) is 220 Å². The summed E-state index contributed by atoms with van der Waals surface area (Å²) < 4.78 is 0. The van der Waals surface area contributed by atoms with Gasteiger partial charge in [0.05, 0.1) is 23.2 Å². The number of benzene rings is 2. The normalized spacial score (nSPS) is 13.5. The molecule has 0 unspecified atom stereocenters. The molecule has 12 heteroatoms. The lowest BCUT2D eigenvalue weighted by Gasteiger charge is -2.24. The maximum atomic E-state index is 13.6. The van der Waals surface area contributed by atoms with Gasteiger partial charge in [-0.25, -0.2) is 0 Å². The fourth-order valence-electron chi connectivity index (χ4n) is 4.82. The maximum Gasteiger partial charge on any atom is 0.236 e. The quantitative estimate of drug-likeness (QED) is 0.0969. The molecular formula is C30H44N8O4. The van der Waals surface area contributed by atoms with Gasteiger partial charge in [-0.05, 0) is 50.9 Å². The van der Waals surface area contributed by atoms with E-state index < -0.39 is 12.1 Å². The van der Waals surface area contributed by atoms with E-state index in [0.717, 1.165) is 25.7 Å². The first kappa shape index (κ1) is 32.7. The smallest absolute Gasteiger partial charge is 0.236 e. The van der Waals surface area contributed by atoms with E-state index in [1.54, 1.807) is 36.4 Å². The average molecular weight is 581 g/mol. The van der Waals surface area contributed by atoms with Gasteiger partial charge in [0.15, 0.2) is 11.6 Å². The number of rotatable bonds is 18. The Kier molecular flexibility index (Phi) is 12.9. The van der Waals surface area contributed by atoms with Gasteiger partial charge in [-0.1, -0.05) is 37.1 Å². The minimum atomic E-state index is -0.609. The molecule has 12 nitrogen and oxygen atoms in total. The average Bonchev–Trinajstić information content (AvgIpc) is 3.00. The first-order valence-electron chi connectivity index (χ1n) is 14.6. The van der Waals surface area contributed by atoms with E-state index in [-0.39, 0.29) is 47.6 Å². The summed E-state index contributed by atoms with van der Waals surface area (Å²) in [6, 6.07) is 8.96. The molecule has 0 saturated heterocycles. The highest BCUT2D eigenvalue weighted by Crippen LogP contribution is 2.36. The first-order valence-corrected chi connectivity index (χ1v) is 14.6. The van der Waals surface area contributed by atoms with Gasteiger partial charge < -0.3 is 44.2 Å². The van der Waals surface area contributed by atoms with Crippen LogP contribution in [0.4, 0.5) is 11.4 Å². The van der Waals surface area contributed by atoms with Crippen molar-refractivity contribution in [3.8, 4) is 0 Å². The molecule has 1 aliphatic carbocycles. The van der Waals surface area contributed by atoms with E-state index in [4.69, 9.17) is 22.9 Å². The number of hydrogen-bond acceptors (Lipinski definition) is 10. The fourth-order valence-corrected chi connectivity index (χ4v) is 4.82. The standard InChI is InChI=1S/C30H44N8O4/c31-13-5-3-9-21(33)29(41)37-17-15-35-23-11-12-24(36-16-18-38-30(42)22(34)10-4-6-14-32)26-25(23)27(39)19-7-1-2-8-20(19)28(26)40/h1-2,7-8,11-12,21-22,35-36H,3-6,9-10,13-18,31-34H2,(H,37,41)(H,38,42)/t21-,22-/m1/s1. The van der Waals surface area contributed by atoms with Crippen LogP contribution in [0.3, 0.4) is 0 Å². The predicted octanol–water partition coefficient (Wildman–Crippen LogP) is 0.431. The van der Waals surface area contributed by atoms with Crippen LogP contribution in [0, 0.1) is 0 Å². The van der Waals surface area contributed by atoms with Gasteiger partial charge in [-0.2, -0.15) is 0 Å². The molecular weight excluding hydrogens is 536 g/mol. The molecule has 42 heavy (non-hydrogen) atoms. The van der Waals surface area contributed by atoms with Crippen LogP contribution in [0.25, 0.3) is 0 Å². The van der Waals surface area contributed by atoms with Crippen LogP contribution in [-0.2, 0) is 9.59 Å². The zero-order valence-corrected chi connectivity index (χ0v) is 24.0. The van der Waals surface area contributed by atoms with Crippen molar-refractivity contribution in [1.29, 1.82) is 0 Å². The number of carbonyl (C=O) groups is 4. The highest BCUT2D eigenvalue weighted by Gasteiger charge is 2.33. The van der Waals surface area contributed by atoms with Crippen LogP contribution < -0.4 is 44.2 Å². The van der Waals surface area contributed by atoms with E-state index in [9.17, 15) is 19.2 Å². The van der Waals surface area contributed by atoms with Crippen molar-refractivity contribution >= 4 is 34.8 Å². The monoisotopic (exact) mass is 580 g/mol. The summed E-state index contributed by atoms with van der Waals surface area (Å²) in [6.45, 7) is 2.33. The molecule has 0 aliphatic heterocycles.